The van der Waals surface area contributed by atoms with Gasteiger partial charge in [0.2, 0.25) is 0 Å². The predicted molar refractivity (Wildman–Crippen MR) is 196 cm³/mol. The molecule has 0 saturated carbocycles. The van der Waals surface area contributed by atoms with Crippen LogP contribution in [0.4, 0.5) is 0 Å². The van der Waals surface area contributed by atoms with E-state index in [1.807, 2.05) is 18.2 Å². The monoisotopic (exact) mass is 736 g/mol. The maximum absolute atomic E-state index is 6.11. The highest BCUT2D eigenvalue weighted by atomic mass is 127. The second kappa shape index (κ2) is 16.8. The van der Waals surface area contributed by atoms with Gasteiger partial charge in [0.15, 0.2) is 17.5 Å². The zero-order valence-corrected chi connectivity index (χ0v) is 30.8. The Morgan fingerprint density at radius 1 is 0.717 bits per heavy atom. The van der Waals surface area contributed by atoms with Gasteiger partial charge in [0, 0.05) is 26.9 Å². The average Bonchev–Trinajstić information content (AvgIpc) is 2.99. The predicted octanol–water partition coefficient (Wildman–Crippen LogP) is 9.20. The van der Waals surface area contributed by atoms with Gasteiger partial charge in [0.25, 0.3) is 0 Å². The number of ether oxygens (including phenoxy) is 2. The summed E-state index contributed by atoms with van der Waals surface area (Å²) in [6.45, 7) is 18.5. The highest BCUT2D eigenvalue weighted by molar-refractivity contribution is 14.1. The van der Waals surface area contributed by atoms with Crippen LogP contribution in [0.25, 0.3) is 34.2 Å². The summed E-state index contributed by atoms with van der Waals surface area (Å²) in [6.07, 6.45) is 4.34. The summed E-state index contributed by atoms with van der Waals surface area (Å²) in [5.41, 5.74) is 9.99. The fourth-order valence-corrected chi connectivity index (χ4v) is 6.86. The first-order valence-electron chi connectivity index (χ1n) is 16.3. The Morgan fingerprint density at radius 2 is 1.26 bits per heavy atom. The Kier molecular flexibility index (Phi) is 13.1. The summed E-state index contributed by atoms with van der Waals surface area (Å²) in [7, 11) is 0. The van der Waals surface area contributed by atoms with Crippen LogP contribution in [0.2, 0.25) is 0 Å². The summed E-state index contributed by atoms with van der Waals surface area (Å²) >= 11 is 2.33. The molecule has 0 bridgehead atoms. The molecule has 0 spiro atoms. The van der Waals surface area contributed by atoms with Crippen molar-refractivity contribution in [3.63, 3.8) is 0 Å². The molecule has 0 fully saturated rings. The molecule has 7 nitrogen and oxygen atoms in total. The lowest BCUT2D eigenvalue weighted by molar-refractivity contribution is -0.0458. The molecule has 2 unspecified atom stereocenters. The molecule has 0 aliphatic heterocycles. The topological polar surface area (TPSA) is 92.4 Å². The Bertz CT molecular complexity index is 1520. The molecule has 0 aliphatic rings. The Morgan fingerprint density at radius 3 is 1.74 bits per heavy atom. The van der Waals surface area contributed by atoms with Crippen molar-refractivity contribution >= 4 is 22.6 Å². The van der Waals surface area contributed by atoms with E-state index in [9.17, 15) is 0 Å². The van der Waals surface area contributed by atoms with E-state index in [0.717, 1.165) is 54.7 Å². The van der Waals surface area contributed by atoms with Crippen LogP contribution in [0.5, 0.6) is 5.75 Å². The molecule has 0 amide bonds. The number of hydrogen-bond donors (Lipinski definition) is 1. The molecule has 3 aromatic carbocycles. The molecule has 8 heteroatoms. The van der Waals surface area contributed by atoms with Crippen LogP contribution in [-0.2, 0) is 9.57 Å². The number of rotatable bonds is 15. The Balaban J connectivity index is 1.62. The average molecular weight is 737 g/mol. The molecule has 1 heterocycles. The number of aryl methyl sites for hydroxylation is 6. The van der Waals surface area contributed by atoms with Gasteiger partial charge in [0.1, 0.15) is 18.5 Å². The standard InChI is InChI=1S/C38H49IN4O3/c1-9-11-12-29(10-2)20-44-21-31(46-40)22-45-30-13-14-32(33(39)19-30)36-41-37(34-25(5)15-23(3)16-26(34)6)43-38(42-36)35-27(7)17-24(4)18-28(35)8/h13-19,29,31H,9-12,20-22,40H2,1-8H3. The normalized spacial score (nSPS) is 12.7. The number of nitrogens with zero attached hydrogens (tertiary/aromatic N) is 3. The van der Waals surface area contributed by atoms with Gasteiger partial charge in [-0.05, 0) is 117 Å². The van der Waals surface area contributed by atoms with Gasteiger partial charge in [-0.2, -0.15) is 0 Å². The minimum atomic E-state index is -0.364. The molecular formula is C38H49IN4O3. The molecule has 0 radical (unpaired) electrons. The molecule has 1 aromatic heterocycles. The number of aromatic nitrogens is 3. The number of hydrogen-bond acceptors (Lipinski definition) is 7. The van der Waals surface area contributed by atoms with Crippen molar-refractivity contribution in [2.45, 2.75) is 87.2 Å². The smallest absolute Gasteiger partial charge is 0.165 e. The van der Waals surface area contributed by atoms with Gasteiger partial charge in [-0.3, -0.25) is 4.84 Å². The Hall–Kier alpha value is -2.92. The summed E-state index contributed by atoms with van der Waals surface area (Å²) in [5.74, 6) is 8.84. The van der Waals surface area contributed by atoms with Crippen molar-refractivity contribution < 1.29 is 14.3 Å². The van der Waals surface area contributed by atoms with E-state index in [2.05, 4.69) is 102 Å². The van der Waals surface area contributed by atoms with Crippen LogP contribution in [0.3, 0.4) is 0 Å². The summed E-state index contributed by atoms with van der Waals surface area (Å²) in [4.78, 5) is 20.4. The van der Waals surface area contributed by atoms with Crippen LogP contribution < -0.4 is 10.6 Å². The highest BCUT2D eigenvalue weighted by Gasteiger charge is 2.20. The minimum Gasteiger partial charge on any atom is -0.491 e. The molecular weight excluding hydrogens is 687 g/mol. The first-order valence-corrected chi connectivity index (χ1v) is 17.4. The van der Waals surface area contributed by atoms with Gasteiger partial charge >= 0.3 is 0 Å². The van der Waals surface area contributed by atoms with Crippen LogP contribution in [0.15, 0.2) is 42.5 Å². The van der Waals surface area contributed by atoms with Crippen molar-refractivity contribution in [2.24, 2.45) is 11.8 Å². The second-order valence-electron chi connectivity index (χ2n) is 12.5. The van der Waals surface area contributed by atoms with Crippen LogP contribution >= 0.6 is 22.6 Å². The first-order chi connectivity index (χ1) is 22.0. The SMILES string of the molecule is CCCCC(CC)COCC(COc1ccc(-c2nc(-c3c(C)cc(C)cc3C)nc(-c3c(C)cc(C)cc3C)n2)c(I)c1)ON. The third-order valence-corrected chi connectivity index (χ3v) is 9.34. The fourth-order valence-electron chi connectivity index (χ4n) is 6.13. The number of benzene rings is 3. The van der Waals surface area contributed by atoms with Crippen molar-refractivity contribution in [2.75, 3.05) is 19.8 Å². The lowest BCUT2D eigenvalue weighted by atomic mass is 9.97. The maximum atomic E-state index is 6.11. The largest absolute Gasteiger partial charge is 0.491 e. The molecule has 4 aromatic rings. The number of halogens is 1. The highest BCUT2D eigenvalue weighted by Crippen LogP contribution is 2.34. The van der Waals surface area contributed by atoms with E-state index in [1.165, 1.54) is 30.4 Å². The van der Waals surface area contributed by atoms with Gasteiger partial charge in [-0.1, -0.05) is 68.5 Å². The van der Waals surface area contributed by atoms with Crippen LogP contribution in [0.1, 0.15) is 72.9 Å². The van der Waals surface area contributed by atoms with Gasteiger partial charge in [-0.25, -0.2) is 20.8 Å². The molecule has 0 saturated heterocycles. The molecule has 4 rings (SSSR count). The third kappa shape index (κ3) is 9.12. The van der Waals surface area contributed by atoms with E-state index in [0.29, 0.717) is 36.6 Å². The Labute approximate surface area is 288 Å². The van der Waals surface area contributed by atoms with E-state index in [1.54, 1.807) is 0 Å². The molecule has 46 heavy (non-hydrogen) atoms. The van der Waals surface area contributed by atoms with Gasteiger partial charge in [0.05, 0.1) is 6.61 Å². The van der Waals surface area contributed by atoms with Crippen LogP contribution in [-0.4, -0.2) is 40.9 Å². The number of nitrogens with two attached hydrogens (primary N) is 1. The quantitative estimate of drug-likeness (QED) is 0.0962. The zero-order chi connectivity index (χ0) is 33.4. The first kappa shape index (κ1) is 35.9. The zero-order valence-electron chi connectivity index (χ0n) is 28.7. The lowest BCUT2D eigenvalue weighted by Gasteiger charge is -2.19. The van der Waals surface area contributed by atoms with Gasteiger partial charge in [-0.15, -0.1) is 0 Å². The van der Waals surface area contributed by atoms with Crippen molar-refractivity contribution in [3.8, 4) is 39.9 Å². The summed E-state index contributed by atoms with van der Waals surface area (Å²) < 4.78 is 13.0. The minimum absolute atomic E-state index is 0.287. The van der Waals surface area contributed by atoms with E-state index < -0.39 is 0 Å². The van der Waals surface area contributed by atoms with Crippen molar-refractivity contribution in [1.29, 1.82) is 0 Å². The summed E-state index contributed by atoms with van der Waals surface area (Å²) in [5, 5.41) is 0. The van der Waals surface area contributed by atoms with Crippen molar-refractivity contribution in [3.05, 3.63) is 79.4 Å². The van der Waals surface area contributed by atoms with Crippen LogP contribution in [0, 0.1) is 51.0 Å². The van der Waals surface area contributed by atoms with E-state index >= 15 is 0 Å². The van der Waals surface area contributed by atoms with Crippen molar-refractivity contribution in [1.82, 2.24) is 15.0 Å². The third-order valence-electron chi connectivity index (χ3n) is 8.45. The molecule has 246 valence electrons. The second-order valence-corrected chi connectivity index (χ2v) is 13.7. The van der Waals surface area contributed by atoms with E-state index in [4.69, 9.17) is 35.2 Å². The fraction of sp³-hybridized carbons (Fsp3) is 0.447. The lowest BCUT2D eigenvalue weighted by Crippen LogP contribution is -2.30. The molecule has 2 atom stereocenters. The number of unbranched alkanes of at least 4 members (excludes halogenated alkanes) is 1. The van der Waals surface area contributed by atoms with Gasteiger partial charge < -0.3 is 9.47 Å². The molecule has 0 aliphatic carbocycles. The summed E-state index contributed by atoms with van der Waals surface area (Å²) in [6, 6.07) is 14.7. The van der Waals surface area contributed by atoms with E-state index in [-0.39, 0.29) is 12.7 Å². The maximum Gasteiger partial charge on any atom is 0.165 e. The molecule has 2 N–H and O–H groups in total.